The number of morpholine rings is 1. The maximum Gasteiger partial charge on any atom is 0.151 e. The molecule has 0 saturated carbocycles. The van der Waals surface area contributed by atoms with Gasteiger partial charge in [0.05, 0.1) is 12.7 Å². The summed E-state index contributed by atoms with van der Waals surface area (Å²) < 4.78 is 5.94. The Kier molecular flexibility index (Phi) is 5.15. The van der Waals surface area contributed by atoms with Gasteiger partial charge >= 0.3 is 0 Å². The Hall–Kier alpha value is -2.05. The van der Waals surface area contributed by atoms with E-state index in [4.69, 9.17) is 4.74 Å². The molecule has 2 aromatic heterocycles. The van der Waals surface area contributed by atoms with Crippen LogP contribution in [0, 0.1) is 0 Å². The molecule has 0 aromatic carbocycles. The van der Waals surface area contributed by atoms with Crippen molar-refractivity contribution in [3.8, 4) is 0 Å². The van der Waals surface area contributed by atoms with E-state index in [9.17, 15) is 0 Å². The normalized spacial score (nSPS) is 20.2. The van der Waals surface area contributed by atoms with Crippen molar-refractivity contribution in [3.63, 3.8) is 0 Å². The quantitative estimate of drug-likeness (QED) is 0.838. The zero-order valence-electron chi connectivity index (χ0n) is 13.7. The maximum absolute atomic E-state index is 5.94. The van der Waals surface area contributed by atoms with Gasteiger partial charge in [0, 0.05) is 51.3 Å². The molecule has 1 aliphatic rings. The van der Waals surface area contributed by atoms with Gasteiger partial charge in [0.15, 0.2) is 5.82 Å². The Morgan fingerprint density at radius 2 is 2.13 bits per heavy atom. The standard InChI is InChI=1S/C17H23N5O/c1-14(15-5-8-18-9-6-15)22-10-11-23-16(13-22)12-21(2)17-4-3-7-19-20-17/h3-9,14,16H,10-13H2,1-2H3. The lowest BCUT2D eigenvalue weighted by Crippen LogP contribution is -2.47. The first-order valence-electron chi connectivity index (χ1n) is 7.98. The lowest BCUT2D eigenvalue weighted by atomic mass is 10.1. The van der Waals surface area contributed by atoms with Crippen molar-refractivity contribution in [3.05, 3.63) is 48.4 Å². The molecule has 23 heavy (non-hydrogen) atoms. The molecule has 2 atom stereocenters. The fourth-order valence-electron chi connectivity index (χ4n) is 2.95. The predicted octanol–water partition coefficient (Wildman–Crippen LogP) is 1.77. The smallest absolute Gasteiger partial charge is 0.151 e. The molecular formula is C17H23N5O. The minimum absolute atomic E-state index is 0.167. The zero-order valence-corrected chi connectivity index (χ0v) is 13.7. The van der Waals surface area contributed by atoms with Crippen LogP contribution in [-0.2, 0) is 4.74 Å². The second-order valence-corrected chi connectivity index (χ2v) is 5.91. The number of hydrogen-bond acceptors (Lipinski definition) is 6. The van der Waals surface area contributed by atoms with E-state index in [1.54, 1.807) is 6.20 Å². The van der Waals surface area contributed by atoms with E-state index < -0.39 is 0 Å². The van der Waals surface area contributed by atoms with Crippen LogP contribution < -0.4 is 4.90 Å². The molecule has 1 saturated heterocycles. The number of pyridine rings is 1. The zero-order chi connectivity index (χ0) is 16.1. The van der Waals surface area contributed by atoms with Crippen molar-refractivity contribution in [1.82, 2.24) is 20.1 Å². The molecule has 6 heteroatoms. The summed E-state index contributed by atoms with van der Waals surface area (Å²) in [6, 6.07) is 8.40. The van der Waals surface area contributed by atoms with E-state index >= 15 is 0 Å². The summed E-state index contributed by atoms with van der Waals surface area (Å²) in [6.07, 6.45) is 5.56. The number of ether oxygens (including phenoxy) is 1. The molecule has 0 amide bonds. The Morgan fingerprint density at radius 3 is 2.87 bits per heavy atom. The second kappa shape index (κ2) is 7.48. The van der Waals surface area contributed by atoms with Gasteiger partial charge in [-0.1, -0.05) is 0 Å². The van der Waals surface area contributed by atoms with Gasteiger partial charge in [0.1, 0.15) is 0 Å². The van der Waals surface area contributed by atoms with E-state index in [1.807, 2.05) is 31.6 Å². The molecule has 122 valence electrons. The van der Waals surface area contributed by atoms with E-state index in [-0.39, 0.29) is 6.10 Å². The third-order valence-corrected chi connectivity index (χ3v) is 4.33. The first-order chi connectivity index (χ1) is 11.2. The van der Waals surface area contributed by atoms with Crippen molar-refractivity contribution >= 4 is 5.82 Å². The van der Waals surface area contributed by atoms with Crippen molar-refractivity contribution in [1.29, 1.82) is 0 Å². The van der Waals surface area contributed by atoms with E-state index in [1.165, 1.54) is 5.56 Å². The molecule has 1 aliphatic heterocycles. The summed E-state index contributed by atoms with van der Waals surface area (Å²) in [7, 11) is 2.03. The van der Waals surface area contributed by atoms with Gasteiger partial charge in [0.25, 0.3) is 0 Å². The van der Waals surface area contributed by atoms with Crippen LogP contribution in [0.3, 0.4) is 0 Å². The Balaban J connectivity index is 1.60. The summed E-state index contributed by atoms with van der Waals surface area (Å²) in [4.78, 5) is 8.66. The van der Waals surface area contributed by atoms with Gasteiger partial charge in [-0.25, -0.2) is 0 Å². The summed E-state index contributed by atoms with van der Waals surface area (Å²) in [5.41, 5.74) is 1.29. The van der Waals surface area contributed by atoms with Crippen LogP contribution in [-0.4, -0.2) is 59.5 Å². The van der Waals surface area contributed by atoms with Gasteiger partial charge in [-0.15, -0.1) is 5.10 Å². The molecule has 3 rings (SSSR count). The van der Waals surface area contributed by atoms with Crippen molar-refractivity contribution in [2.45, 2.75) is 19.1 Å². The van der Waals surface area contributed by atoms with Crippen LogP contribution in [0.4, 0.5) is 5.82 Å². The highest BCUT2D eigenvalue weighted by atomic mass is 16.5. The number of likely N-dealkylation sites (N-methyl/N-ethyl adjacent to an activating group) is 1. The average molecular weight is 313 g/mol. The molecule has 6 nitrogen and oxygen atoms in total. The minimum Gasteiger partial charge on any atom is -0.374 e. The van der Waals surface area contributed by atoms with E-state index in [0.717, 1.165) is 32.1 Å². The molecule has 2 unspecified atom stereocenters. The molecule has 0 N–H and O–H groups in total. The summed E-state index contributed by atoms with van der Waals surface area (Å²) >= 11 is 0. The average Bonchev–Trinajstić information content (AvgIpc) is 2.63. The van der Waals surface area contributed by atoms with E-state index in [2.05, 4.69) is 44.0 Å². The Bertz CT molecular complexity index is 594. The third-order valence-electron chi connectivity index (χ3n) is 4.33. The highest BCUT2D eigenvalue weighted by Gasteiger charge is 2.26. The Morgan fingerprint density at radius 1 is 1.30 bits per heavy atom. The van der Waals surface area contributed by atoms with Crippen LogP contribution >= 0.6 is 0 Å². The Labute approximate surface area is 137 Å². The van der Waals surface area contributed by atoms with Crippen molar-refractivity contribution in [2.75, 3.05) is 38.2 Å². The van der Waals surface area contributed by atoms with Crippen molar-refractivity contribution < 1.29 is 4.74 Å². The summed E-state index contributed by atoms with van der Waals surface area (Å²) in [6.45, 7) is 5.67. The topological polar surface area (TPSA) is 54.4 Å². The first kappa shape index (κ1) is 15.8. The number of nitrogens with zero attached hydrogens (tertiary/aromatic N) is 5. The number of hydrogen-bond donors (Lipinski definition) is 0. The fraction of sp³-hybridized carbons (Fsp3) is 0.471. The summed E-state index contributed by atoms with van der Waals surface area (Å²) in [5.74, 6) is 0.871. The first-order valence-corrected chi connectivity index (χ1v) is 7.98. The molecular weight excluding hydrogens is 290 g/mol. The van der Waals surface area contributed by atoms with Crippen LogP contribution in [0.15, 0.2) is 42.9 Å². The predicted molar refractivity (Wildman–Crippen MR) is 89.3 cm³/mol. The van der Waals surface area contributed by atoms with Gasteiger partial charge in [0.2, 0.25) is 0 Å². The molecule has 3 heterocycles. The fourth-order valence-corrected chi connectivity index (χ4v) is 2.95. The molecule has 0 bridgehead atoms. The third kappa shape index (κ3) is 4.03. The highest BCUT2D eigenvalue weighted by Crippen LogP contribution is 2.22. The van der Waals surface area contributed by atoms with Crippen LogP contribution in [0.2, 0.25) is 0 Å². The largest absolute Gasteiger partial charge is 0.374 e. The van der Waals surface area contributed by atoms with Gasteiger partial charge in [-0.3, -0.25) is 9.88 Å². The molecule has 0 radical (unpaired) electrons. The monoisotopic (exact) mass is 313 g/mol. The second-order valence-electron chi connectivity index (χ2n) is 5.91. The summed E-state index contributed by atoms with van der Waals surface area (Å²) in [5, 5.41) is 8.08. The van der Waals surface area contributed by atoms with Gasteiger partial charge in [-0.05, 0) is 36.8 Å². The lowest BCUT2D eigenvalue weighted by Gasteiger charge is -2.38. The van der Waals surface area contributed by atoms with Crippen molar-refractivity contribution in [2.24, 2.45) is 0 Å². The maximum atomic E-state index is 5.94. The minimum atomic E-state index is 0.167. The molecule has 0 spiro atoms. The number of rotatable bonds is 5. The number of anilines is 1. The highest BCUT2D eigenvalue weighted by molar-refractivity contribution is 5.35. The lowest BCUT2D eigenvalue weighted by molar-refractivity contribution is -0.0368. The van der Waals surface area contributed by atoms with E-state index in [0.29, 0.717) is 6.04 Å². The molecule has 0 aliphatic carbocycles. The number of aromatic nitrogens is 3. The SMILES string of the molecule is CC(c1ccncc1)N1CCOC(CN(C)c2cccnn2)C1. The van der Waals surface area contributed by atoms with Crippen LogP contribution in [0.5, 0.6) is 0 Å². The molecule has 1 fully saturated rings. The molecule has 2 aromatic rings. The van der Waals surface area contributed by atoms with Crippen LogP contribution in [0.1, 0.15) is 18.5 Å². The van der Waals surface area contributed by atoms with Gasteiger partial charge in [-0.2, -0.15) is 5.10 Å². The van der Waals surface area contributed by atoms with Crippen LogP contribution in [0.25, 0.3) is 0 Å². The van der Waals surface area contributed by atoms with Gasteiger partial charge < -0.3 is 9.64 Å².